The topological polar surface area (TPSA) is 50.9 Å². The molecule has 1 aromatic rings. The number of carbonyl (C=O) groups excluding carboxylic acids is 1. The number of piperazine rings is 1. The van der Waals surface area contributed by atoms with Gasteiger partial charge in [0.25, 0.3) is 0 Å². The highest BCUT2D eigenvalue weighted by Gasteiger charge is 2.20. The molecule has 0 saturated carbocycles. The molecule has 1 aliphatic rings. The lowest BCUT2D eigenvalue weighted by molar-refractivity contribution is -0.117. The predicted octanol–water partition coefficient (Wildman–Crippen LogP) is 0.818. The molecule has 1 heterocycles. The van der Waals surface area contributed by atoms with Gasteiger partial charge >= 0.3 is 0 Å². The van der Waals surface area contributed by atoms with Crippen molar-refractivity contribution in [1.29, 1.82) is 0 Å². The summed E-state index contributed by atoms with van der Waals surface area (Å²) in [5.41, 5.74) is 0.608. The van der Waals surface area contributed by atoms with Crippen LogP contribution in [0.1, 0.15) is 0 Å². The molecular weight excluding hydrogens is 341 g/mol. The zero-order valence-electron chi connectivity index (χ0n) is 14.8. The van der Waals surface area contributed by atoms with Gasteiger partial charge in [-0.1, -0.05) is 0 Å². The molecule has 2 N–H and O–H groups in total. The fraction of sp³-hybridized carbons (Fsp3) is 0.529. The van der Waals surface area contributed by atoms with E-state index in [1.54, 1.807) is 12.1 Å². The van der Waals surface area contributed by atoms with Crippen molar-refractivity contribution in [3.63, 3.8) is 0 Å². The predicted molar refractivity (Wildman–Crippen MR) is 102 cm³/mol. The maximum absolute atomic E-state index is 12.9. The molecule has 1 fully saturated rings. The lowest BCUT2D eigenvalue weighted by atomic mass is 10.3. The Hall–Kier alpha value is -1.77. The van der Waals surface area contributed by atoms with Crippen LogP contribution in [0.25, 0.3) is 0 Å². The maximum atomic E-state index is 12.9. The summed E-state index contributed by atoms with van der Waals surface area (Å²) in [6, 6.07) is 5.78. The summed E-state index contributed by atoms with van der Waals surface area (Å²) in [5.74, 6) is -0.406. The third-order valence-corrected chi connectivity index (χ3v) is 4.39. The van der Waals surface area contributed by atoms with E-state index in [2.05, 4.69) is 25.3 Å². The summed E-state index contributed by atoms with van der Waals surface area (Å²) in [7, 11) is 4.06. The lowest BCUT2D eigenvalue weighted by Crippen LogP contribution is -2.53. The minimum atomic E-state index is -0.315. The molecular formula is C17H26FN5OS. The van der Waals surface area contributed by atoms with E-state index in [9.17, 15) is 9.18 Å². The molecule has 0 aliphatic carbocycles. The number of benzene rings is 1. The molecule has 25 heavy (non-hydrogen) atoms. The minimum absolute atomic E-state index is 0.0910. The first-order chi connectivity index (χ1) is 11.9. The normalized spacial score (nSPS) is 15.3. The van der Waals surface area contributed by atoms with Crippen LogP contribution in [-0.2, 0) is 4.79 Å². The van der Waals surface area contributed by atoms with Crippen molar-refractivity contribution >= 4 is 28.9 Å². The van der Waals surface area contributed by atoms with Crippen molar-refractivity contribution < 1.29 is 9.18 Å². The van der Waals surface area contributed by atoms with Crippen molar-refractivity contribution in [3.05, 3.63) is 30.1 Å². The van der Waals surface area contributed by atoms with E-state index >= 15 is 0 Å². The Labute approximate surface area is 154 Å². The zero-order valence-corrected chi connectivity index (χ0v) is 15.6. The van der Waals surface area contributed by atoms with Gasteiger partial charge < -0.3 is 20.4 Å². The molecule has 1 aliphatic heterocycles. The van der Waals surface area contributed by atoms with Crippen molar-refractivity contribution in [3.8, 4) is 0 Å². The number of rotatable bonds is 6. The number of nitrogens with zero attached hydrogens (tertiary/aromatic N) is 3. The Kier molecular flexibility index (Phi) is 7.54. The van der Waals surface area contributed by atoms with Gasteiger partial charge in [-0.2, -0.15) is 0 Å². The van der Waals surface area contributed by atoms with Crippen LogP contribution < -0.4 is 10.6 Å². The number of halogens is 1. The summed E-state index contributed by atoms with van der Waals surface area (Å²) in [6.45, 7) is 5.26. The Morgan fingerprint density at radius 1 is 1.20 bits per heavy atom. The summed E-state index contributed by atoms with van der Waals surface area (Å²) < 4.78 is 12.9. The van der Waals surface area contributed by atoms with Gasteiger partial charge in [0.15, 0.2) is 5.11 Å². The monoisotopic (exact) mass is 367 g/mol. The van der Waals surface area contributed by atoms with E-state index in [0.717, 1.165) is 44.4 Å². The number of hydrogen-bond donors (Lipinski definition) is 2. The molecule has 1 saturated heterocycles. The maximum Gasteiger partial charge on any atom is 0.238 e. The van der Waals surface area contributed by atoms with E-state index < -0.39 is 0 Å². The van der Waals surface area contributed by atoms with Crippen LogP contribution in [0.5, 0.6) is 0 Å². The SMILES string of the molecule is CN(C)CCNC(=S)N1CCN(CC(=O)Nc2ccc(F)cc2)CC1. The van der Waals surface area contributed by atoms with Crippen LogP contribution in [0.2, 0.25) is 0 Å². The first-order valence-corrected chi connectivity index (χ1v) is 8.80. The standard InChI is InChI=1S/C17H26FN5OS/c1-21(2)8-7-19-17(25)23-11-9-22(10-12-23)13-16(24)20-15-5-3-14(18)4-6-15/h3-6H,7-13H2,1-2H3,(H,19,25)(H,20,24). The van der Waals surface area contributed by atoms with Gasteiger partial charge in [-0.05, 0) is 50.6 Å². The molecule has 6 nitrogen and oxygen atoms in total. The van der Waals surface area contributed by atoms with Crippen molar-refractivity contribution in [2.75, 3.05) is 65.2 Å². The molecule has 1 aromatic carbocycles. The van der Waals surface area contributed by atoms with E-state index in [1.165, 1.54) is 12.1 Å². The number of anilines is 1. The highest BCUT2D eigenvalue weighted by Crippen LogP contribution is 2.09. The van der Waals surface area contributed by atoms with Gasteiger partial charge in [-0.25, -0.2) is 4.39 Å². The van der Waals surface area contributed by atoms with Gasteiger partial charge in [0.1, 0.15) is 5.82 Å². The van der Waals surface area contributed by atoms with Crippen LogP contribution in [0.3, 0.4) is 0 Å². The number of likely N-dealkylation sites (N-methyl/N-ethyl adjacent to an activating group) is 1. The summed E-state index contributed by atoms with van der Waals surface area (Å²) in [5, 5.41) is 6.82. The first kappa shape index (κ1) is 19.6. The van der Waals surface area contributed by atoms with Crippen LogP contribution >= 0.6 is 12.2 Å². The molecule has 0 bridgehead atoms. The molecule has 2 rings (SSSR count). The van der Waals surface area contributed by atoms with Crippen LogP contribution in [0.15, 0.2) is 24.3 Å². The van der Waals surface area contributed by atoms with Gasteiger partial charge in [0, 0.05) is 45.0 Å². The second kappa shape index (κ2) is 9.65. The van der Waals surface area contributed by atoms with Gasteiger partial charge in [-0.15, -0.1) is 0 Å². The van der Waals surface area contributed by atoms with E-state index in [0.29, 0.717) is 12.2 Å². The second-order valence-electron chi connectivity index (χ2n) is 6.35. The molecule has 0 atom stereocenters. The Morgan fingerprint density at radius 3 is 2.44 bits per heavy atom. The molecule has 0 aromatic heterocycles. The average Bonchev–Trinajstić information content (AvgIpc) is 2.57. The Morgan fingerprint density at radius 2 is 1.84 bits per heavy atom. The molecule has 0 radical (unpaired) electrons. The summed E-state index contributed by atoms with van der Waals surface area (Å²) in [4.78, 5) is 18.4. The van der Waals surface area contributed by atoms with Crippen LogP contribution in [0, 0.1) is 5.82 Å². The van der Waals surface area contributed by atoms with Gasteiger partial charge in [0.05, 0.1) is 6.54 Å². The fourth-order valence-electron chi connectivity index (χ4n) is 2.54. The minimum Gasteiger partial charge on any atom is -0.361 e. The van der Waals surface area contributed by atoms with E-state index in [1.807, 2.05) is 14.1 Å². The Balaban J connectivity index is 1.68. The largest absolute Gasteiger partial charge is 0.361 e. The number of carbonyl (C=O) groups is 1. The number of thiocarbonyl (C=S) groups is 1. The molecule has 0 unspecified atom stereocenters. The molecule has 0 spiro atoms. The van der Waals surface area contributed by atoms with Crippen LogP contribution in [-0.4, -0.2) is 85.6 Å². The molecule has 1 amide bonds. The zero-order chi connectivity index (χ0) is 18.2. The number of nitrogens with one attached hydrogen (secondary N) is 2. The summed E-state index contributed by atoms with van der Waals surface area (Å²) in [6.07, 6.45) is 0. The third-order valence-electron chi connectivity index (χ3n) is 3.99. The highest BCUT2D eigenvalue weighted by atomic mass is 32.1. The first-order valence-electron chi connectivity index (χ1n) is 8.39. The van der Waals surface area contributed by atoms with Gasteiger partial charge in [0.2, 0.25) is 5.91 Å². The molecule has 138 valence electrons. The smallest absolute Gasteiger partial charge is 0.238 e. The van der Waals surface area contributed by atoms with Gasteiger partial charge in [-0.3, -0.25) is 9.69 Å². The summed E-state index contributed by atoms with van der Waals surface area (Å²) >= 11 is 5.42. The van der Waals surface area contributed by atoms with E-state index in [-0.39, 0.29) is 11.7 Å². The average molecular weight is 367 g/mol. The van der Waals surface area contributed by atoms with E-state index in [4.69, 9.17) is 12.2 Å². The number of amides is 1. The quantitative estimate of drug-likeness (QED) is 0.726. The van der Waals surface area contributed by atoms with Crippen LogP contribution in [0.4, 0.5) is 10.1 Å². The molecule has 8 heteroatoms. The third kappa shape index (κ3) is 6.93. The fourth-order valence-corrected chi connectivity index (χ4v) is 2.83. The Bertz CT molecular complexity index is 573. The van der Waals surface area contributed by atoms with Crippen molar-refractivity contribution in [1.82, 2.24) is 20.0 Å². The highest BCUT2D eigenvalue weighted by molar-refractivity contribution is 7.80. The van der Waals surface area contributed by atoms with Crippen molar-refractivity contribution in [2.24, 2.45) is 0 Å². The second-order valence-corrected chi connectivity index (χ2v) is 6.74. The van der Waals surface area contributed by atoms with Crippen molar-refractivity contribution in [2.45, 2.75) is 0 Å². The lowest BCUT2D eigenvalue weighted by Gasteiger charge is -2.36. The number of hydrogen-bond acceptors (Lipinski definition) is 4.